The van der Waals surface area contributed by atoms with Crippen molar-refractivity contribution < 1.29 is 19.1 Å². The highest BCUT2D eigenvalue weighted by molar-refractivity contribution is 6.15. The van der Waals surface area contributed by atoms with E-state index < -0.39 is 5.97 Å². The molecule has 0 unspecified atom stereocenters. The first-order valence-electron chi connectivity index (χ1n) is 10.7. The topological polar surface area (TPSA) is 57.5 Å². The first-order valence-corrected chi connectivity index (χ1v) is 10.7. The Kier molecular flexibility index (Phi) is 5.37. The maximum absolute atomic E-state index is 12.9. The molecule has 5 rings (SSSR count). The van der Waals surface area contributed by atoms with E-state index in [1.807, 2.05) is 54.7 Å². The molecule has 5 heteroatoms. The average molecular weight is 435 g/mol. The van der Waals surface area contributed by atoms with Gasteiger partial charge in [-0.1, -0.05) is 48.5 Å². The van der Waals surface area contributed by atoms with E-state index in [4.69, 9.17) is 9.47 Å². The van der Waals surface area contributed by atoms with Crippen molar-refractivity contribution in [2.45, 2.75) is 13.5 Å². The molecule has 0 amide bonds. The van der Waals surface area contributed by atoms with E-state index in [2.05, 4.69) is 17.6 Å². The van der Waals surface area contributed by atoms with Gasteiger partial charge in [0.1, 0.15) is 11.5 Å². The number of para-hydroxylation sites is 1. The lowest BCUT2D eigenvalue weighted by Crippen LogP contribution is -2.03. The number of hydrogen-bond acceptors (Lipinski definition) is 4. The Hall–Kier alpha value is -4.38. The zero-order valence-corrected chi connectivity index (χ0v) is 18.0. The number of benzene rings is 3. The van der Waals surface area contributed by atoms with E-state index in [1.165, 1.54) is 6.08 Å². The van der Waals surface area contributed by atoms with Crippen LogP contribution in [0.15, 0.2) is 90.8 Å². The molecule has 2 heterocycles. The molecule has 5 nitrogen and oxygen atoms in total. The van der Waals surface area contributed by atoms with Crippen molar-refractivity contribution in [3.8, 4) is 11.5 Å². The molecule has 0 spiro atoms. The van der Waals surface area contributed by atoms with Crippen LogP contribution in [0.5, 0.6) is 11.5 Å². The Morgan fingerprint density at radius 1 is 1.03 bits per heavy atom. The van der Waals surface area contributed by atoms with Gasteiger partial charge in [0, 0.05) is 41.4 Å². The van der Waals surface area contributed by atoms with Gasteiger partial charge in [0.15, 0.2) is 5.76 Å². The molecule has 1 aliphatic rings. The largest absolute Gasteiger partial charge is 0.452 e. The van der Waals surface area contributed by atoms with Gasteiger partial charge in [-0.05, 0) is 42.8 Å². The molecule has 0 fully saturated rings. The van der Waals surface area contributed by atoms with Crippen molar-refractivity contribution in [1.29, 1.82) is 0 Å². The number of ether oxygens (including phenoxy) is 2. The third kappa shape index (κ3) is 4.08. The predicted molar refractivity (Wildman–Crippen MR) is 128 cm³/mol. The highest BCUT2D eigenvalue weighted by atomic mass is 16.5. The average Bonchev–Trinajstić information content (AvgIpc) is 3.35. The second-order valence-electron chi connectivity index (χ2n) is 7.65. The van der Waals surface area contributed by atoms with E-state index in [0.717, 1.165) is 28.6 Å². The molecule has 0 aliphatic carbocycles. The SMILES string of the molecule is CCn1cc(/C=C2/Oc3cc(OC(=O)/C=C/c4ccccc4)ccc3C2=O)c2ccccc21. The number of rotatable bonds is 5. The minimum absolute atomic E-state index is 0.194. The van der Waals surface area contributed by atoms with Gasteiger partial charge in [0.25, 0.3) is 0 Å². The molecule has 3 aromatic carbocycles. The van der Waals surface area contributed by atoms with Crippen LogP contribution < -0.4 is 9.47 Å². The van der Waals surface area contributed by atoms with E-state index in [-0.39, 0.29) is 11.5 Å². The van der Waals surface area contributed by atoms with Crippen LogP contribution in [0.3, 0.4) is 0 Å². The fourth-order valence-electron chi connectivity index (χ4n) is 3.90. The number of carbonyl (C=O) groups excluding carboxylic acids is 2. The van der Waals surface area contributed by atoms with Gasteiger partial charge in [0.2, 0.25) is 5.78 Å². The number of nitrogens with zero attached hydrogens (tertiary/aromatic N) is 1. The quantitative estimate of drug-likeness (QED) is 0.223. The summed E-state index contributed by atoms with van der Waals surface area (Å²) in [4.78, 5) is 25.1. The van der Waals surface area contributed by atoms with Crippen molar-refractivity contribution >= 4 is 34.8 Å². The molecule has 0 saturated heterocycles. The number of ketones is 1. The van der Waals surface area contributed by atoms with E-state index in [1.54, 1.807) is 30.4 Å². The fourth-order valence-corrected chi connectivity index (χ4v) is 3.90. The second-order valence-corrected chi connectivity index (χ2v) is 7.65. The lowest BCUT2D eigenvalue weighted by atomic mass is 10.1. The Labute approximate surface area is 191 Å². The second kappa shape index (κ2) is 8.63. The molecule has 0 radical (unpaired) electrons. The first-order chi connectivity index (χ1) is 16.1. The van der Waals surface area contributed by atoms with Crippen LogP contribution in [0.2, 0.25) is 0 Å². The maximum Gasteiger partial charge on any atom is 0.336 e. The molecular weight excluding hydrogens is 414 g/mol. The number of fused-ring (bicyclic) bond motifs is 2. The minimum atomic E-state index is -0.508. The number of hydrogen-bond donors (Lipinski definition) is 0. The Morgan fingerprint density at radius 3 is 2.64 bits per heavy atom. The Bertz CT molecular complexity index is 1430. The summed E-state index contributed by atoms with van der Waals surface area (Å²) in [5, 5.41) is 1.05. The third-order valence-electron chi connectivity index (χ3n) is 5.52. The number of aromatic nitrogens is 1. The smallest absolute Gasteiger partial charge is 0.336 e. The summed E-state index contributed by atoms with van der Waals surface area (Å²) in [6.45, 7) is 2.90. The van der Waals surface area contributed by atoms with Gasteiger partial charge in [-0.15, -0.1) is 0 Å². The lowest BCUT2D eigenvalue weighted by Gasteiger charge is -2.03. The van der Waals surface area contributed by atoms with Crippen LogP contribution in [-0.4, -0.2) is 16.3 Å². The van der Waals surface area contributed by atoms with Gasteiger partial charge < -0.3 is 14.0 Å². The molecule has 162 valence electrons. The minimum Gasteiger partial charge on any atom is -0.452 e. The van der Waals surface area contributed by atoms with E-state index in [0.29, 0.717) is 17.1 Å². The summed E-state index contributed by atoms with van der Waals surface area (Å²) < 4.78 is 13.4. The summed E-state index contributed by atoms with van der Waals surface area (Å²) >= 11 is 0. The van der Waals surface area contributed by atoms with E-state index >= 15 is 0 Å². The zero-order chi connectivity index (χ0) is 22.8. The van der Waals surface area contributed by atoms with Crippen LogP contribution in [0.1, 0.15) is 28.4 Å². The number of carbonyl (C=O) groups is 2. The Balaban J connectivity index is 1.36. The van der Waals surface area contributed by atoms with Crippen molar-refractivity contribution in [3.05, 3.63) is 108 Å². The maximum atomic E-state index is 12.9. The third-order valence-corrected chi connectivity index (χ3v) is 5.52. The van der Waals surface area contributed by atoms with Crippen LogP contribution >= 0.6 is 0 Å². The van der Waals surface area contributed by atoms with Crippen LogP contribution in [0.25, 0.3) is 23.1 Å². The summed E-state index contributed by atoms with van der Waals surface area (Å²) in [5.74, 6) is 0.235. The lowest BCUT2D eigenvalue weighted by molar-refractivity contribution is -0.128. The van der Waals surface area contributed by atoms with Crippen molar-refractivity contribution in [2.75, 3.05) is 0 Å². The van der Waals surface area contributed by atoms with Crippen molar-refractivity contribution in [2.24, 2.45) is 0 Å². The molecule has 4 aromatic rings. The normalized spacial score (nSPS) is 14.1. The van der Waals surface area contributed by atoms with Gasteiger partial charge >= 0.3 is 5.97 Å². The molecule has 0 atom stereocenters. The summed E-state index contributed by atoms with van der Waals surface area (Å²) in [5.41, 5.74) is 3.37. The number of Topliss-reactive ketones (excluding diaryl/α,β-unsaturated/α-hetero) is 1. The number of aryl methyl sites for hydroxylation is 1. The molecule has 0 N–H and O–H groups in total. The predicted octanol–water partition coefficient (Wildman–Crippen LogP) is 5.90. The molecule has 33 heavy (non-hydrogen) atoms. The molecule has 0 saturated carbocycles. The van der Waals surface area contributed by atoms with Crippen LogP contribution in [0.4, 0.5) is 0 Å². The highest BCUT2D eigenvalue weighted by Crippen LogP contribution is 2.36. The molecule has 1 aliphatic heterocycles. The number of esters is 1. The molecule has 1 aromatic heterocycles. The fraction of sp³-hybridized carbons (Fsp3) is 0.0714. The van der Waals surface area contributed by atoms with Crippen LogP contribution in [-0.2, 0) is 11.3 Å². The zero-order valence-electron chi connectivity index (χ0n) is 18.0. The van der Waals surface area contributed by atoms with Gasteiger partial charge in [-0.25, -0.2) is 4.79 Å². The highest BCUT2D eigenvalue weighted by Gasteiger charge is 2.28. The van der Waals surface area contributed by atoms with E-state index in [9.17, 15) is 9.59 Å². The first kappa shape index (κ1) is 20.5. The van der Waals surface area contributed by atoms with Gasteiger partial charge in [-0.3, -0.25) is 4.79 Å². The molecule has 0 bridgehead atoms. The standard InChI is InChI=1S/C28H21NO4/c1-2-29-18-20(22-10-6-7-11-24(22)29)16-26-28(31)23-14-13-21(17-25(23)33-26)32-27(30)15-12-19-8-4-3-5-9-19/h3-18H,2H2,1H3/b15-12+,26-16+. The Morgan fingerprint density at radius 2 is 1.82 bits per heavy atom. The van der Waals surface area contributed by atoms with Gasteiger partial charge in [0.05, 0.1) is 5.56 Å². The summed E-state index contributed by atoms with van der Waals surface area (Å²) in [7, 11) is 0. The van der Waals surface area contributed by atoms with Crippen LogP contribution in [0, 0.1) is 0 Å². The number of allylic oxidation sites excluding steroid dienone is 1. The summed E-state index contributed by atoms with van der Waals surface area (Å²) in [6.07, 6.45) is 6.83. The summed E-state index contributed by atoms with van der Waals surface area (Å²) in [6, 6.07) is 22.3. The van der Waals surface area contributed by atoms with Gasteiger partial charge in [-0.2, -0.15) is 0 Å². The molecular formula is C28H21NO4. The van der Waals surface area contributed by atoms with Crippen molar-refractivity contribution in [1.82, 2.24) is 4.57 Å². The monoisotopic (exact) mass is 435 g/mol. The van der Waals surface area contributed by atoms with Crippen molar-refractivity contribution in [3.63, 3.8) is 0 Å².